The molecule has 3 aromatic carbocycles. The van der Waals surface area contributed by atoms with Gasteiger partial charge in [-0.3, -0.25) is 9.59 Å². The monoisotopic (exact) mass is 517 g/mol. The Morgan fingerprint density at radius 2 is 1.58 bits per heavy atom. The number of benzene rings is 3. The predicted molar refractivity (Wildman–Crippen MR) is 143 cm³/mol. The molecule has 7 nitrogen and oxygen atoms in total. The number of hydrogen-bond acceptors (Lipinski definition) is 4. The molecular weight excluding hydrogens is 489 g/mol. The van der Waals surface area contributed by atoms with E-state index in [4.69, 9.17) is 9.47 Å². The van der Waals surface area contributed by atoms with E-state index in [0.29, 0.717) is 24.3 Å². The van der Waals surface area contributed by atoms with E-state index in [2.05, 4.69) is 0 Å². The summed E-state index contributed by atoms with van der Waals surface area (Å²) in [6.45, 7) is 0.676. The van der Waals surface area contributed by atoms with Gasteiger partial charge < -0.3 is 24.3 Å². The lowest BCUT2D eigenvalue weighted by atomic mass is 10.0. The molecule has 8 heteroatoms. The van der Waals surface area contributed by atoms with Crippen LogP contribution in [0.2, 0.25) is 0 Å². The van der Waals surface area contributed by atoms with Gasteiger partial charge in [0.15, 0.2) is 11.6 Å². The maximum atomic E-state index is 13.5. The number of aliphatic carboxylic acids is 2. The molecule has 196 valence electrons. The summed E-state index contributed by atoms with van der Waals surface area (Å²) in [5.41, 5.74) is 2.98. The van der Waals surface area contributed by atoms with Gasteiger partial charge in [0, 0.05) is 17.1 Å². The fraction of sp³-hybridized carbons (Fsp3) is 0.200. The molecule has 2 N–H and O–H groups in total. The minimum absolute atomic E-state index is 0.199. The van der Waals surface area contributed by atoms with Crippen molar-refractivity contribution in [3.63, 3.8) is 0 Å². The summed E-state index contributed by atoms with van der Waals surface area (Å²) >= 11 is 0. The molecule has 0 saturated heterocycles. The van der Waals surface area contributed by atoms with Gasteiger partial charge in [-0.15, -0.1) is 0 Å². The van der Waals surface area contributed by atoms with Crippen LogP contribution in [0, 0.1) is 5.82 Å². The van der Waals surface area contributed by atoms with E-state index in [-0.39, 0.29) is 24.5 Å². The van der Waals surface area contributed by atoms with E-state index in [1.54, 1.807) is 35.0 Å². The fourth-order valence-corrected chi connectivity index (χ4v) is 4.18. The number of para-hydroxylation sites is 1. The Labute approximate surface area is 219 Å². The van der Waals surface area contributed by atoms with E-state index >= 15 is 0 Å². The minimum Gasteiger partial charge on any atom is -0.494 e. The molecule has 1 heterocycles. The summed E-state index contributed by atoms with van der Waals surface area (Å²) in [4.78, 5) is 22.7. The van der Waals surface area contributed by atoms with E-state index in [0.717, 1.165) is 35.1 Å². The van der Waals surface area contributed by atoms with Crippen LogP contribution in [-0.2, 0) is 22.6 Å². The van der Waals surface area contributed by atoms with Crippen LogP contribution < -0.4 is 9.47 Å². The number of carboxylic acids is 2. The third kappa shape index (κ3) is 7.00. The van der Waals surface area contributed by atoms with Crippen molar-refractivity contribution in [1.29, 1.82) is 0 Å². The van der Waals surface area contributed by atoms with Crippen molar-refractivity contribution >= 4 is 35.0 Å². The predicted octanol–water partition coefficient (Wildman–Crippen LogP) is 5.90. The second-order valence-electron chi connectivity index (χ2n) is 8.72. The largest absolute Gasteiger partial charge is 0.494 e. The first-order chi connectivity index (χ1) is 18.4. The molecule has 4 rings (SSSR count). The SMILES string of the molecule is O=C(O)Cc1cn(CC(=O)O)c2cccc(/C=C/c3ccc(OCCCCOc4ccccc4F)cc3)c12. The normalized spacial score (nSPS) is 11.2. The smallest absolute Gasteiger partial charge is 0.323 e. The highest BCUT2D eigenvalue weighted by atomic mass is 19.1. The average molecular weight is 518 g/mol. The Morgan fingerprint density at radius 3 is 2.29 bits per heavy atom. The number of hydrogen-bond donors (Lipinski definition) is 2. The van der Waals surface area contributed by atoms with Crippen LogP contribution in [-0.4, -0.2) is 39.9 Å². The van der Waals surface area contributed by atoms with Crippen molar-refractivity contribution < 1.29 is 33.7 Å². The Balaban J connectivity index is 1.35. The molecule has 0 saturated carbocycles. The number of fused-ring (bicyclic) bond motifs is 1. The fourth-order valence-electron chi connectivity index (χ4n) is 4.18. The first kappa shape index (κ1) is 26.5. The van der Waals surface area contributed by atoms with Crippen molar-refractivity contribution in [2.24, 2.45) is 0 Å². The van der Waals surface area contributed by atoms with Gasteiger partial charge in [0.05, 0.1) is 19.6 Å². The summed E-state index contributed by atoms with van der Waals surface area (Å²) in [6.07, 6.45) is 6.71. The van der Waals surface area contributed by atoms with Gasteiger partial charge in [0.2, 0.25) is 0 Å². The second-order valence-corrected chi connectivity index (χ2v) is 8.72. The van der Waals surface area contributed by atoms with Gasteiger partial charge in [0.25, 0.3) is 0 Å². The molecule has 38 heavy (non-hydrogen) atoms. The maximum Gasteiger partial charge on any atom is 0.323 e. The molecule has 0 radical (unpaired) electrons. The van der Waals surface area contributed by atoms with Gasteiger partial charge >= 0.3 is 11.9 Å². The third-order valence-corrected chi connectivity index (χ3v) is 5.90. The van der Waals surface area contributed by atoms with Crippen molar-refractivity contribution in [1.82, 2.24) is 4.57 Å². The Morgan fingerprint density at radius 1 is 0.842 bits per heavy atom. The molecule has 0 unspecified atom stereocenters. The van der Waals surface area contributed by atoms with Crippen LogP contribution >= 0.6 is 0 Å². The van der Waals surface area contributed by atoms with Crippen LogP contribution in [0.1, 0.15) is 29.5 Å². The second kappa shape index (κ2) is 12.6. The molecule has 1 aromatic heterocycles. The van der Waals surface area contributed by atoms with Crippen LogP contribution in [0.3, 0.4) is 0 Å². The number of ether oxygens (including phenoxy) is 2. The molecule has 0 fully saturated rings. The van der Waals surface area contributed by atoms with E-state index < -0.39 is 11.9 Å². The quantitative estimate of drug-likeness (QED) is 0.169. The number of unbranched alkanes of at least 4 members (excludes halogenated alkanes) is 1. The van der Waals surface area contributed by atoms with E-state index in [1.807, 2.05) is 48.6 Å². The maximum absolute atomic E-state index is 13.5. The van der Waals surface area contributed by atoms with Gasteiger partial charge in [-0.1, -0.05) is 48.6 Å². The number of rotatable bonds is 13. The zero-order valence-electron chi connectivity index (χ0n) is 20.7. The zero-order valence-corrected chi connectivity index (χ0v) is 20.7. The summed E-state index contributed by atoms with van der Waals surface area (Å²) in [6, 6.07) is 19.4. The summed E-state index contributed by atoms with van der Waals surface area (Å²) in [5.74, 6) is -1.36. The lowest BCUT2D eigenvalue weighted by Gasteiger charge is -2.08. The standard InChI is InChI=1S/C30H28FNO6/c31-25-7-1-2-9-27(25)38-17-4-3-16-37-24-14-11-21(12-15-24)10-13-22-6-5-8-26-30(22)23(18-28(33)34)19-32(26)20-29(35)36/h1-2,5-15,19H,3-4,16-18,20H2,(H,33,34)(H,35,36)/b13-10+. The summed E-state index contributed by atoms with van der Waals surface area (Å²) in [5, 5.41) is 19.3. The highest BCUT2D eigenvalue weighted by molar-refractivity contribution is 5.96. The minimum atomic E-state index is -0.997. The Hall–Kier alpha value is -4.59. The summed E-state index contributed by atoms with van der Waals surface area (Å²) < 4.78 is 26.3. The molecule has 0 bridgehead atoms. The zero-order chi connectivity index (χ0) is 26.9. The number of aromatic nitrogens is 1. The molecule has 4 aromatic rings. The number of carboxylic acid groups (broad SMARTS) is 2. The molecule has 0 amide bonds. The van der Waals surface area contributed by atoms with Gasteiger partial charge in [-0.25, -0.2) is 4.39 Å². The van der Waals surface area contributed by atoms with Crippen molar-refractivity contribution in [2.75, 3.05) is 13.2 Å². The van der Waals surface area contributed by atoms with Crippen LogP contribution in [0.25, 0.3) is 23.1 Å². The van der Waals surface area contributed by atoms with Gasteiger partial charge in [-0.05, 0) is 59.9 Å². The molecule has 0 aliphatic carbocycles. The Kier molecular flexibility index (Phi) is 8.77. The highest BCUT2D eigenvalue weighted by Gasteiger charge is 2.15. The summed E-state index contributed by atoms with van der Waals surface area (Å²) in [7, 11) is 0. The Bertz CT molecular complexity index is 1440. The molecule has 0 atom stereocenters. The van der Waals surface area contributed by atoms with Crippen molar-refractivity contribution in [3.05, 3.63) is 95.4 Å². The first-order valence-corrected chi connectivity index (χ1v) is 12.2. The van der Waals surface area contributed by atoms with Crippen molar-refractivity contribution in [2.45, 2.75) is 25.8 Å². The van der Waals surface area contributed by atoms with Gasteiger partial charge in [-0.2, -0.15) is 0 Å². The number of nitrogens with zero attached hydrogens (tertiary/aromatic N) is 1. The lowest BCUT2D eigenvalue weighted by molar-refractivity contribution is -0.138. The topological polar surface area (TPSA) is 98.0 Å². The van der Waals surface area contributed by atoms with Crippen LogP contribution in [0.5, 0.6) is 11.5 Å². The van der Waals surface area contributed by atoms with E-state index in [9.17, 15) is 24.2 Å². The average Bonchev–Trinajstić information content (AvgIpc) is 3.22. The molecule has 0 aliphatic heterocycles. The van der Waals surface area contributed by atoms with Gasteiger partial charge in [0.1, 0.15) is 12.3 Å². The molecule has 0 spiro atoms. The number of carbonyl (C=O) groups is 2. The van der Waals surface area contributed by atoms with Crippen LogP contribution in [0.4, 0.5) is 4.39 Å². The first-order valence-electron chi connectivity index (χ1n) is 12.2. The molecule has 0 aliphatic rings. The highest BCUT2D eigenvalue weighted by Crippen LogP contribution is 2.28. The van der Waals surface area contributed by atoms with E-state index in [1.165, 1.54) is 6.07 Å². The number of halogens is 1. The third-order valence-electron chi connectivity index (χ3n) is 5.90. The lowest BCUT2D eigenvalue weighted by Crippen LogP contribution is -2.07. The van der Waals surface area contributed by atoms with Crippen molar-refractivity contribution in [3.8, 4) is 11.5 Å². The molecular formula is C30H28FNO6. The van der Waals surface area contributed by atoms with Crippen LogP contribution in [0.15, 0.2) is 72.9 Å².